The van der Waals surface area contributed by atoms with Gasteiger partial charge in [-0.2, -0.15) is 13.2 Å². The Kier molecular flexibility index (Phi) is 5.16. The van der Waals surface area contributed by atoms with Crippen LogP contribution < -0.4 is 0 Å². The summed E-state index contributed by atoms with van der Waals surface area (Å²) in [5, 5.41) is 9.65. The third kappa shape index (κ3) is 5.06. The maximum atomic E-state index is 11.8. The van der Waals surface area contributed by atoms with E-state index in [-0.39, 0.29) is 6.61 Å². The van der Waals surface area contributed by atoms with Gasteiger partial charge in [0.1, 0.15) is 12.7 Å². The Hall–Kier alpha value is -1.07. The lowest BCUT2D eigenvalue weighted by Gasteiger charge is -2.14. The van der Waals surface area contributed by atoms with Gasteiger partial charge >= 0.3 is 6.18 Å². The van der Waals surface area contributed by atoms with Gasteiger partial charge in [-0.05, 0) is 17.0 Å². The summed E-state index contributed by atoms with van der Waals surface area (Å²) >= 11 is 0. The van der Waals surface area contributed by atoms with Crippen molar-refractivity contribution in [3.63, 3.8) is 0 Å². The third-order valence-electron chi connectivity index (χ3n) is 2.53. The van der Waals surface area contributed by atoms with E-state index in [1.54, 1.807) is 12.1 Å². The zero-order chi connectivity index (χ0) is 13.8. The van der Waals surface area contributed by atoms with E-state index in [1.165, 1.54) is 0 Å². The van der Waals surface area contributed by atoms with E-state index in [0.29, 0.717) is 11.5 Å². The molecule has 0 spiro atoms. The molecule has 0 aliphatic rings. The molecule has 2 nitrogen and oxygen atoms in total. The van der Waals surface area contributed by atoms with E-state index in [9.17, 15) is 18.3 Å². The van der Waals surface area contributed by atoms with E-state index in [2.05, 4.69) is 4.74 Å². The lowest BCUT2D eigenvalue weighted by atomic mass is 10.0. The maximum Gasteiger partial charge on any atom is 0.411 e. The first kappa shape index (κ1) is 15.0. The smallest absolute Gasteiger partial charge is 0.386 e. The topological polar surface area (TPSA) is 29.5 Å². The Morgan fingerprint density at radius 1 is 1.11 bits per heavy atom. The molecule has 0 radical (unpaired) electrons. The minimum absolute atomic E-state index is 0.361. The van der Waals surface area contributed by atoms with Crippen LogP contribution in [0.1, 0.15) is 37.0 Å². The minimum atomic E-state index is -4.36. The number of alkyl halides is 3. The lowest BCUT2D eigenvalue weighted by Crippen LogP contribution is -2.19. The Balaban J connectivity index is 2.49. The van der Waals surface area contributed by atoms with E-state index >= 15 is 0 Å². The van der Waals surface area contributed by atoms with Crippen molar-refractivity contribution in [2.75, 3.05) is 13.2 Å². The van der Waals surface area contributed by atoms with Gasteiger partial charge in [-0.1, -0.05) is 38.1 Å². The highest BCUT2D eigenvalue weighted by atomic mass is 19.4. The SMILES string of the molecule is CC(C)c1ccc(C(O)COCC(F)(F)F)cc1. The third-order valence-corrected chi connectivity index (χ3v) is 2.53. The summed E-state index contributed by atoms with van der Waals surface area (Å²) in [5.74, 6) is 0.373. The molecule has 0 fully saturated rings. The predicted molar refractivity (Wildman–Crippen MR) is 62.4 cm³/mol. The second kappa shape index (κ2) is 6.20. The number of aliphatic hydroxyl groups excluding tert-OH is 1. The molecule has 0 amide bonds. The molecule has 1 unspecified atom stereocenters. The summed E-state index contributed by atoms with van der Waals surface area (Å²) in [5.41, 5.74) is 1.67. The maximum absolute atomic E-state index is 11.8. The molecular formula is C13H17F3O2. The van der Waals surface area contributed by atoms with E-state index in [1.807, 2.05) is 26.0 Å². The monoisotopic (exact) mass is 262 g/mol. The van der Waals surface area contributed by atoms with Crippen LogP contribution in [0.5, 0.6) is 0 Å². The van der Waals surface area contributed by atoms with Gasteiger partial charge in [0.25, 0.3) is 0 Å². The van der Waals surface area contributed by atoms with Crippen LogP contribution in [-0.4, -0.2) is 24.5 Å². The van der Waals surface area contributed by atoms with Gasteiger partial charge in [0.2, 0.25) is 0 Å². The first-order valence-corrected chi connectivity index (χ1v) is 5.72. The van der Waals surface area contributed by atoms with Crippen molar-refractivity contribution in [2.24, 2.45) is 0 Å². The van der Waals surface area contributed by atoms with Crippen molar-refractivity contribution < 1.29 is 23.0 Å². The highest BCUT2D eigenvalue weighted by molar-refractivity contribution is 5.26. The van der Waals surface area contributed by atoms with Crippen LogP contribution in [0.25, 0.3) is 0 Å². The van der Waals surface area contributed by atoms with Gasteiger partial charge in [-0.25, -0.2) is 0 Å². The number of aliphatic hydroxyl groups is 1. The van der Waals surface area contributed by atoms with E-state index in [0.717, 1.165) is 5.56 Å². The summed E-state index contributed by atoms with van der Waals surface area (Å²) in [4.78, 5) is 0. The largest absolute Gasteiger partial charge is 0.411 e. The molecule has 0 heterocycles. The molecule has 0 aromatic heterocycles. The molecule has 0 aliphatic carbocycles. The first-order chi connectivity index (χ1) is 8.29. The first-order valence-electron chi connectivity index (χ1n) is 5.72. The Bertz CT molecular complexity index is 357. The fraction of sp³-hybridized carbons (Fsp3) is 0.538. The van der Waals surface area contributed by atoms with Crippen molar-refractivity contribution in [3.05, 3.63) is 35.4 Å². The molecule has 1 aromatic carbocycles. The number of hydrogen-bond acceptors (Lipinski definition) is 2. The van der Waals surface area contributed by atoms with Gasteiger partial charge in [0.05, 0.1) is 6.61 Å². The molecule has 0 bridgehead atoms. The van der Waals surface area contributed by atoms with Crippen molar-refractivity contribution in [1.82, 2.24) is 0 Å². The fourth-order valence-electron chi connectivity index (χ4n) is 1.49. The van der Waals surface area contributed by atoms with Gasteiger partial charge < -0.3 is 9.84 Å². The standard InChI is InChI=1S/C13H17F3O2/c1-9(2)10-3-5-11(6-4-10)12(17)7-18-8-13(14,15)16/h3-6,9,12,17H,7-8H2,1-2H3. The summed E-state index contributed by atoms with van der Waals surface area (Å²) in [6, 6.07) is 7.12. The van der Waals surface area contributed by atoms with Gasteiger partial charge in [-0.3, -0.25) is 0 Å². The molecule has 1 aromatic rings. The van der Waals surface area contributed by atoms with Crippen molar-refractivity contribution in [2.45, 2.75) is 32.0 Å². The van der Waals surface area contributed by atoms with Gasteiger partial charge in [0.15, 0.2) is 0 Å². The second-order valence-electron chi connectivity index (χ2n) is 4.47. The van der Waals surface area contributed by atoms with Crippen LogP contribution in [0, 0.1) is 0 Å². The molecule has 1 N–H and O–H groups in total. The van der Waals surface area contributed by atoms with Crippen LogP contribution >= 0.6 is 0 Å². The zero-order valence-corrected chi connectivity index (χ0v) is 10.4. The highest BCUT2D eigenvalue weighted by Crippen LogP contribution is 2.20. The second-order valence-corrected chi connectivity index (χ2v) is 4.47. The van der Waals surface area contributed by atoms with E-state index < -0.39 is 18.9 Å². The molecule has 102 valence electrons. The Morgan fingerprint density at radius 2 is 1.61 bits per heavy atom. The molecule has 5 heteroatoms. The van der Waals surface area contributed by atoms with Crippen LogP contribution in [0.4, 0.5) is 13.2 Å². The minimum Gasteiger partial charge on any atom is -0.386 e. The predicted octanol–water partition coefficient (Wildman–Crippen LogP) is 3.42. The number of hydrogen-bond donors (Lipinski definition) is 1. The summed E-state index contributed by atoms with van der Waals surface area (Å²) in [6.07, 6.45) is -5.39. The average molecular weight is 262 g/mol. The molecule has 0 saturated carbocycles. The fourth-order valence-corrected chi connectivity index (χ4v) is 1.49. The number of ether oxygens (including phenoxy) is 1. The number of rotatable bonds is 5. The summed E-state index contributed by atoms with van der Waals surface area (Å²) in [7, 11) is 0. The zero-order valence-electron chi connectivity index (χ0n) is 10.4. The quantitative estimate of drug-likeness (QED) is 0.881. The summed E-state index contributed by atoms with van der Waals surface area (Å²) < 4.78 is 39.9. The van der Waals surface area contributed by atoms with Crippen LogP contribution in [0.3, 0.4) is 0 Å². The molecular weight excluding hydrogens is 245 g/mol. The summed E-state index contributed by atoms with van der Waals surface area (Å²) in [6.45, 7) is 2.38. The number of benzene rings is 1. The lowest BCUT2D eigenvalue weighted by molar-refractivity contribution is -0.179. The van der Waals surface area contributed by atoms with Crippen LogP contribution in [0.15, 0.2) is 24.3 Å². The molecule has 1 rings (SSSR count). The van der Waals surface area contributed by atoms with Crippen molar-refractivity contribution >= 4 is 0 Å². The van der Waals surface area contributed by atoms with E-state index in [4.69, 9.17) is 0 Å². The van der Waals surface area contributed by atoms with Crippen LogP contribution in [0.2, 0.25) is 0 Å². The van der Waals surface area contributed by atoms with Gasteiger partial charge in [0, 0.05) is 0 Å². The average Bonchev–Trinajstić information content (AvgIpc) is 2.27. The molecule has 18 heavy (non-hydrogen) atoms. The molecule has 1 atom stereocenters. The van der Waals surface area contributed by atoms with Crippen LogP contribution in [-0.2, 0) is 4.74 Å². The van der Waals surface area contributed by atoms with Gasteiger partial charge in [-0.15, -0.1) is 0 Å². The highest BCUT2D eigenvalue weighted by Gasteiger charge is 2.27. The normalized spacial score (nSPS) is 13.9. The molecule has 0 aliphatic heterocycles. The molecule has 0 saturated heterocycles. The van der Waals surface area contributed by atoms with Crippen molar-refractivity contribution in [3.8, 4) is 0 Å². The number of halogens is 3. The Labute approximate surface area is 104 Å². The van der Waals surface area contributed by atoms with Crippen molar-refractivity contribution in [1.29, 1.82) is 0 Å². The Morgan fingerprint density at radius 3 is 2.06 bits per heavy atom.